The van der Waals surface area contributed by atoms with Crippen LogP contribution >= 0.6 is 31.9 Å². The minimum absolute atomic E-state index is 0.146. The zero-order valence-corrected chi connectivity index (χ0v) is 20.3. The fraction of sp³-hybridized carbons (Fsp3) is 0.333. The molecule has 0 fully saturated rings. The van der Waals surface area contributed by atoms with E-state index < -0.39 is 0 Å². The Balaban J connectivity index is 1.95. The molecule has 2 heterocycles. The van der Waals surface area contributed by atoms with Gasteiger partial charge in [0.2, 0.25) is 0 Å². The first-order chi connectivity index (χ1) is 14.4. The number of fused-ring (bicyclic) bond motifs is 2. The molecule has 0 aliphatic carbocycles. The third-order valence-electron chi connectivity index (χ3n) is 5.90. The molecule has 1 aliphatic rings. The van der Waals surface area contributed by atoms with Crippen LogP contribution in [-0.2, 0) is 11.3 Å². The first-order valence-electron chi connectivity index (χ1n) is 10.4. The van der Waals surface area contributed by atoms with Gasteiger partial charge in [-0.2, -0.15) is 0 Å². The fourth-order valence-electron chi connectivity index (χ4n) is 4.25. The van der Waals surface area contributed by atoms with Crippen LogP contribution in [0.3, 0.4) is 0 Å². The van der Waals surface area contributed by atoms with Gasteiger partial charge in [0.1, 0.15) is 0 Å². The molecule has 156 valence electrons. The zero-order chi connectivity index (χ0) is 21.4. The van der Waals surface area contributed by atoms with E-state index >= 15 is 0 Å². The van der Waals surface area contributed by atoms with Crippen LogP contribution in [0.5, 0.6) is 5.88 Å². The number of carbonyl (C=O) groups excluding carboxylic acids is 1. The van der Waals surface area contributed by atoms with Gasteiger partial charge >= 0.3 is 0 Å². The van der Waals surface area contributed by atoms with Crippen molar-refractivity contribution >= 4 is 54.2 Å². The van der Waals surface area contributed by atoms with E-state index in [4.69, 9.17) is 0 Å². The second-order valence-corrected chi connectivity index (χ2v) is 9.67. The molecule has 30 heavy (non-hydrogen) atoms. The number of halogens is 2. The molecule has 1 unspecified atom stereocenters. The van der Waals surface area contributed by atoms with Crippen molar-refractivity contribution in [2.75, 3.05) is 0 Å². The molecule has 0 spiro atoms. The molecule has 6 heteroatoms. The third kappa shape index (κ3) is 3.76. The Bertz CT molecular complexity index is 1260. The average Bonchev–Trinajstić information content (AvgIpc) is 3.17. The Morgan fingerprint density at radius 3 is 2.57 bits per heavy atom. The number of rotatable bonds is 7. The van der Waals surface area contributed by atoms with Gasteiger partial charge in [0.25, 0.3) is 5.91 Å². The van der Waals surface area contributed by atoms with E-state index in [2.05, 4.69) is 50.7 Å². The van der Waals surface area contributed by atoms with Gasteiger partial charge in [-0.3, -0.25) is 4.79 Å². The monoisotopic (exact) mass is 530 g/mol. The Kier molecular flexibility index (Phi) is 6.16. The lowest BCUT2D eigenvalue weighted by molar-refractivity contribution is -0.112. The van der Waals surface area contributed by atoms with Gasteiger partial charge in [-0.15, -0.1) is 0 Å². The van der Waals surface area contributed by atoms with Crippen LogP contribution in [0.4, 0.5) is 0 Å². The van der Waals surface area contributed by atoms with Crippen molar-refractivity contribution in [3.63, 3.8) is 0 Å². The van der Waals surface area contributed by atoms with Crippen molar-refractivity contribution in [2.24, 2.45) is 10.9 Å². The lowest BCUT2D eigenvalue weighted by Gasteiger charge is -2.17. The smallest absolute Gasteiger partial charge is 0.279 e. The summed E-state index contributed by atoms with van der Waals surface area (Å²) < 4.78 is 3.78. The summed E-state index contributed by atoms with van der Waals surface area (Å²) in [6, 6.07) is 11.6. The SMILES string of the molecule is CCCCC(CC)Cn1c(O)c(C2=c3ccc(Br)cc3=NC2=O)c2ccc(Br)cc21. The van der Waals surface area contributed by atoms with Crippen LogP contribution in [0.2, 0.25) is 0 Å². The van der Waals surface area contributed by atoms with Crippen LogP contribution in [-0.4, -0.2) is 15.6 Å². The molecule has 1 atom stereocenters. The molecule has 4 rings (SSSR count). The summed E-state index contributed by atoms with van der Waals surface area (Å²) in [5.74, 6) is 0.307. The highest BCUT2D eigenvalue weighted by molar-refractivity contribution is 9.10. The number of carbonyl (C=O) groups is 1. The molecular formula is C24H24Br2N2O2. The van der Waals surface area contributed by atoms with Crippen LogP contribution in [0, 0.1) is 5.92 Å². The summed E-state index contributed by atoms with van der Waals surface area (Å²) in [4.78, 5) is 17.1. The van der Waals surface area contributed by atoms with E-state index in [9.17, 15) is 9.90 Å². The van der Waals surface area contributed by atoms with E-state index in [1.165, 1.54) is 6.42 Å². The van der Waals surface area contributed by atoms with Crippen molar-refractivity contribution in [1.29, 1.82) is 0 Å². The van der Waals surface area contributed by atoms with Gasteiger partial charge in [0.05, 0.1) is 22.0 Å². The van der Waals surface area contributed by atoms with Crippen LogP contribution in [0.1, 0.15) is 45.1 Å². The molecule has 0 saturated carbocycles. The van der Waals surface area contributed by atoms with Gasteiger partial charge in [0.15, 0.2) is 5.88 Å². The number of nitrogens with zero attached hydrogens (tertiary/aromatic N) is 2. The second-order valence-electron chi connectivity index (χ2n) is 7.84. The van der Waals surface area contributed by atoms with Gasteiger partial charge in [-0.05, 0) is 36.6 Å². The summed E-state index contributed by atoms with van der Waals surface area (Å²) in [5, 5.41) is 13.6. The molecule has 1 aromatic heterocycles. The van der Waals surface area contributed by atoms with Crippen LogP contribution in [0.25, 0.3) is 16.5 Å². The van der Waals surface area contributed by atoms with E-state index in [0.29, 0.717) is 22.4 Å². The summed E-state index contributed by atoms with van der Waals surface area (Å²) in [6.45, 7) is 5.12. The Hall–Kier alpha value is -1.92. The number of unbranched alkanes of at least 4 members (excludes halogenated alkanes) is 1. The number of benzene rings is 2. The van der Waals surface area contributed by atoms with Crippen molar-refractivity contribution in [3.8, 4) is 5.88 Å². The normalized spacial score (nSPS) is 14.3. The van der Waals surface area contributed by atoms with E-state index in [0.717, 1.165) is 50.9 Å². The lowest BCUT2D eigenvalue weighted by atomic mass is 9.99. The number of aromatic hydroxyl groups is 1. The Morgan fingerprint density at radius 2 is 1.83 bits per heavy atom. The van der Waals surface area contributed by atoms with Gasteiger partial charge in [-0.25, -0.2) is 4.99 Å². The summed E-state index contributed by atoms with van der Waals surface area (Å²) >= 11 is 7.01. The van der Waals surface area contributed by atoms with Gasteiger partial charge < -0.3 is 9.67 Å². The van der Waals surface area contributed by atoms with Crippen molar-refractivity contribution in [3.05, 3.63) is 61.5 Å². The number of amides is 1. The first-order valence-corrected chi connectivity index (χ1v) is 12.0. The van der Waals surface area contributed by atoms with E-state index in [-0.39, 0.29) is 11.8 Å². The Morgan fingerprint density at radius 1 is 1.10 bits per heavy atom. The van der Waals surface area contributed by atoms with Crippen LogP contribution < -0.4 is 10.6 Å². The summed E-state index contributed by atoms with van der Waals surface area (Å²) in [7, 11) is 0. The molecule has 0 saturated heterocycles. The summed E-state index contributed by atoms with van der Waals surface area (Å²) in [6.07, 6.45) is 4.50. The van der Waals surface area contributed by atoms with Gasteiger partial charge in [-0.1, -0.05) is 77.1 Å². The molecule has 0 radical (unpaired) electrons. The highest BCUT2D eigenvalue weighted by atomic mass is 79.9. The average molecular weight is 532 g/mol. The molecule has 0 bridgehead atoms. The molecular weight excluding hydrogens is 508 g/mol. The largest absolute Gasteiger partial charge is 0.494 e. The minimum atomic E-state index is -0.307. The van der Waals surface area contributed by atoms with Crippen LogP contribution in [0.15, 0.2) is 50.3 Å². The number of hydrogen-bond acceptors (Lipinski definition) is 2. The highest BCUT2D eigenvalue weighted by Gasteiger charge is 2.28. The maximum atomic E-state index is 12.9. The van der Waals surface area contributed by atoms with Crippen molar-refractivity contribution in [2.45, 2.75) is 46.1 Å². The maximum absolute atomic E-state index is 12.9. The quantitative estimate of drug-likeness (QED) is 0.441. The maximum Gasteiger partial charge on any atom is 0.279 e. The van der Waals surface area contributed by atoms with E-state index in [1.54, 1.807) is 0 Å². The summed E-state index contributed by atoms with van der Waals surface area (Å²) in [5.41, 5.74) is 1.98. The second kappa shape index (κ2) is 8.67. The molecule has 3 aromatic rings. The molecule has 4 nitrogen and oxygen atoms in total. The zero-order valence-electron chi connectivity index (χ0n) is 17.1. The molecule has 2 aromatic carbocycles. The number of hydrogen-bond donors (Lipinski definition) is 1. The van der Waals surface area contributed by atoms with Crippen molar-refractivity contribution in [1.82, 2.24) is 4.57 Å². The van der Waals surface area contributed by atoms with Gasteiger partial charge in [0, 0.05) is 26.1 Å². The lowest BCUT2D eigenvalue weighted by Crippen LogP contribution is -2.23. The third-order valence-corrected chi connectivity index (χ3v) is 6.88. The number of aromatic nitrogens is 1. The minimum Gasteiger partial charge on any atom is -0.494 e. The highest BCUT2D eigenvalue weighted by Crippen LogP contribution is 2.38. The molecule has 1 N–H and O–H groups in total. The standard InChI is InChI=1S/C24H24Br2N2O2/c1-3-5-6-14(4-2)13-28-20-12-16(26)8-10-18(20)22(24(28)30)21-17-9-7-15(25)11-19(17)27-23(21)29/h7-12,14,30H,3-6,13H2,1-2H3. The predicted molar refractivity (Wildman–Crippen MR) is 127 cm³/mol. The fourth-order valence-corrected chi connectivity index (χ4v) is 4.94. The van der Waals surface area contributed by atoms with Crippen molar-refractivity contribution < 1.29 is 9.90 Å². The molecule has 1 aliphatic heterocycles. The Labute approximate surface area is 192 Å². The predicted octanol–water partition coefficient (Wildman–Crippen LogP) is 5.45. The first kappa shape index (κ1) is 21.3. The van der Waals surface area contributed by atoms with E-state index in [1.807, 2.05) is 41.0 Å². The topological polar surface area (TPSA) is 54.6 Å². The molecule has 1 amide bonds.